The quantitative estimate of drug-likeness (QED) is 0.335. The van der Waals surface area contributed by atoms with Gasteiger partial charge < -0.3 is 15.5 Å². The molecule has 0 aliphatic carbocycles. The van der Waals surface area contributed by atoms with Gasteiger partial charge in [-0.2, -0.15) is 5.10 Å². The molecule has 2 N–H and O–H groups in total. The Kier molecular flexibility index (Phi) is 9.27. The summed E-state index contributed by atoms with van der Waals surface area (Å²) in [5.41, 5.74) is 1.84. The van der Waals surface area contributed by atoms with E-state index in [1.165, 1.54) is 0 Å². The fourth-order valence-electron chi connectivity index (χ4n) is 3.52. The first-order valence-electron chi connectivity index (χ1n) is 10.6. The first-order chi connectivity index (χ1) is 14.4. The second kappa shape index (κ2) is 11.4. The molecule has 9 heteroatoms. The van der Waals surface area contributed by atoms with Crippen LogP contribution in [-0.4, -0.2) is 65.3 Å². The van der Waals surface area contributed by atoms with Gasteiger partial charge in [-0.1, -0.05) is 26.0 Å². The third kappa shape index (κ3) is 6.65. The zero-order valence-electron chi connectivity index (χ0n) is 19.1. The normalized spacial score (nSPS) is 15.8. The van der Waals surface area contributed by atoms with E-state index in [2.05, 4.69) is 39.6 Å². The monoisotopic (exact) mass is 539 g/mol. The lowest BCUT2D eigenvalue weighted by molar-refractivity contribution is 0.0827. The summed E-state index contributed by atoms with van der Waals surface area (Å²) in [5, 5.41) is 11.5. The fraction of sp³-hybridized carbons (Fsp3) is 0.545. The number of aromatic nitrogens is 3. The molecular formula is C22H34IN7O. The molecular weight excluding hydrogens is 505 g/mol. The summed E-state index contributed by atoms with van der Waals surface area (Å²) in [6, 6.07) is 8.06. The topological polar surface area (TPSA) is 87.4 Å². The molecule has 31 heavy (non-hydrogen) atoms. The number of halogens is 1. The molecule has 1 aliphatic rings. The SMILES string of the molecule is CN=C(NCCc1cccc(C(=O)N(C)C)c1)NC1CCc2nc(C(C)C)nn2C1.I. The predicted molar refractivity (Wildman–Crippen MR) is 134 cm³/mol. The molecule has 170 valence electrons. The van der Waals surface area contributed by atoms with Crippen LogP contribution in [0.3, 0.4) is 0 Å². The average molecular weight is 539 g/mol. The molecule has 0 radical (unpaired) electrons. The zero-order chi connectivity index (χ0) is 21.7. The van der Waals surface area contributed by atoms with Gasteiger partial charge in [0.15, 0.2) is 11.8 Å². The highest BCUT2D eigenvalue weighted by Crippen LogP contribution is 2.17. The van der Waals surface area contributed by atoms with Gasteiger partial charge in [0, 0.05) is 51.6 Å². The Labute approximate surface area is 201 Å². The van der Waals surface area contributed by atoms with Crippen molar-refractivity contribution in [2.75, 3.05) is 27.7 Å². The number of nitrogens with zero attached hydrogens (tertiary/aromatic N) is 5. The van der Waals surface area contributed by atoms with Gasteiger partial charge in [0.1, 0.15) is 5.82 Å². The van der Waals surface area contributed by atoms with Crippen molar-refractivity contribution in [3.63, 3.8) is 0 Å². The van der Waals surface area contributed by atoms with Crippen molar-refractivity contribution >= 4 is 35.8 Å². The van der Waals surface area contributed by atoms with Crippen LogP contribution in [-0.2, 0) is 19.4 Å². The minimum Gasteiger partial charge on any atom is -0.356 e. The number of benzene rings is 1. The fourth-order valence-corrected chi connectivity index (χ4v) is 3.52. The number of carbonyl (C=O) groups is 1. The number of nitrogens with one attached hydrogen (secondary N) is 2. The molecule has 2 heterocycles. The predicted octanol–water partition coefficient (Wildman–Crippen LogP) is 2.44. The van der Waals surface area contributed by atoms with Crippen LogP contribution in [0.4, 0.5) is 0 Å². The summed E-state index contributed by atoms with van der Waals surface area (Å²) in [6.45, 7) is 5.77. The largest absolute Gasteiger partial charge is 0.356 e. The Morgan fingerprint density at radius 3 is 2.81 bits per heavy atom. The lowest BCUT2D eigenvalue weighted by Gasteiger charge is -2.25. The van der Waals surface area contributed by atoms with Gasteiger partial charge in [-0.25, -0.2) is 9.67 Å². The Bertz CT molecular complexity index is 907. The van der Waals surface area contributed by atoms with Crippen molar-refractivity contribution < 1.29 is 4.79 Å². The molecule has 1 amide bonds. The van der Waals surface area contributed by atoms with Crippen LogP contribution in [0.2, 0.25) is 0 Å². The molecule has 0 bridgehead atoms. The van der Waals surface area contributed by atoms with Crippen molar-refractivity contribution in [2.24, 2.45) is 4.99 Å². The lowest BCUT2D eigenvalue weighted by atomic mass is 10.1. The molecule has 1 aliphatic heterocycles. The van der Waals surface area contributed by atoms with Crippen molar-refractivity contribution in [3.8, 4) is 0 Å². The second-order valence-corrected chi connectivity index (χ2v) is 8.25. The Balaban J connectivity index is 0.00000341. The number of fused-ring (bicyclic) bond motifs is 1. The van der Waals surface area contributed by atoms with Gasteiger partial charge in [-0.3, -0.25) is 9.79 Å². The molecule has 1 aromatic carbocycles. The van der Waals surface area contributed by atoms with Crippen molar-refractivity contribution in [3.05, 3.63) is 47.0 Å². The van der Waals surface area contributed by atoms with Gasteiger partial charge in [0.05, 0.1) is 6.54 Å². The van der Waals surface area contributed by atoms with E-state index in [9.17, 15) is 4.79 Å². The van der Waals surface area contributed by atoms with Crippen molar-refractivity contribution in [1.82, 2.24) is 30.3 Å². The maximum atomic E-state index is 12.1. The Morgan fingerprint density at radius 2 is 2.13 bits per heavy atom. The van der Waals surface area contributed by atoms with E-state index in [1.807, 2.05) is 28.9 Å². The van der Waals surface area contributed by atoms with E-state index < -0.39 is 0 Å². The molecule has 1 unspecified atom stereocenters. The molecule has 0 saturated carbocycles. The number of carbonyl (C=O) groups excluding carboxylic acids is 1. The Morgan fingerprint density at radius 1 is 1.35 bits per heavy atom. The Hall–Kier alpha value is -2.17. The molecule has 2 aromatic rings. The maximum absolute atomic E-state index is 12.1. The van der Waals surface area contributed by atoms with Crippen LogP contribution in [0, 0.1) is 0 Å². The van der Waals surface area contributed by atoms with E-state index in [0.717, 1.165) is 55.5 Å². The standard InChI is InChI=1S/C22H33N7O.HI/c1-15(2)20-26-19-10-9-18(14-29(19)27-20)25-22(23-3)24-12-11-16-7-6-8-17(13-16)21(30)28(4)5;/h6-8,13,15,18H,9-12,14H2,1-5H3,(H2,23,24,25);1H. The minimum absolute atomic E-state index is 0. The first-order valence-corrected chi connectivity index (χ1v) is 10.6. The highest BCUT2D eigenvalue weighted by molar-refractivity contribution is 14.0. The summed E-state index contributed by atoms with van der Waals surface area (Å²) in [5.74, 6) is 3.14. The molecule has 3 rings (SSSR count). The molecule has 0 saturated heterocycles. The first kappa shape index (κ1) is 25.1. The van der Waals surface area contributed by atoms with E-state index >= 15 is 0 Å². The number of aliphatic imine (C=N–C) groups is 1. The highest BCUT2D eigenvalue weighted by Gasteiger charge is 2.23. The molecule has 1 atom stereocenters. The summed E-state index contributed by atoms with van der Waals surface area (Å²) in [7, 11) is 5.32. The molecule has 1 aromatic heterocycles. The van der Waals surface area contributed by atoms with Gasteiger partial charge >= 0.3 is 0 Å². The summed E-state index contributed by atoms with van der Waals surface area (Å²) >= 11 is 0. The summed E-state index contributed by atoms with van der Waals surface area (Å²) in [6.07, 6.45) is 2.73. The maximum Gasteiger partial charge on any atom is 0.253 e. The summed E-state index contributed by atoms with van der Waals surface area (Å²) in [4.78, 5) is 22.7. The second-order valence-electron chi connectivity index (χ2n) is 8.25. The van der Waals surface area contributed by atoms with Crippen LogP contribution < -0.4 is 10.6 Å². The number of amides is 1. The number of hydrogen-bond donors (Lipinski definition) is 2. The molecule has 8 nitrogen and oxygen atoms in total. The smallest absolute Gasteiger partial charge is 0.253 e. The third-order valence-electron chi connectivity index (χ3n) is 5.24. The van der Waals surface area contributed by atoms with E-state index in [4.69, 9.17) is 0 Å². The van der Waals surface area contributed by atoms with E-state index in [1.54, 1.807) is 26.0 Å². The van der Waals surface area contributed by atoms with Crippen LogP contribution in [0.1, 0.15) is 53.8 Å². The van der Waals surface area contributed by atoms with Crippen LogP contribution in [0.25, 0.3) is 0 Å². The van der Waals surface area contributed by atoms with Gasteiger partial charge in [-0.15, -0.1) is 24.0 Å². The minimum atomic E-state index is 0. The van der Waals surface area contributed by atoms with Crippen LogP contribution in [0.5, 0.6) is 0 Å². The van der Waals surface area contributed by atoms with Gasteiger partial charge in [0.25, 0.3) is 5.91 Å². The van der Waals surface area contributed by atoms with Crippen molar-refractivity contribution in [2.45, 2.75) is 51.6 Å². The van der Waals surface area contributed by atoms with Crippen molar-refractivity contribution in [1.29, 1.82) is 0 Å². The van der Waals surface area contributed by atoms with Crippen LogP contribution in [0.15, 0.2) is 29.3 Å². The molecule has 0 fully saturated rings. The van der Waals surface area contributed by atoms with Gasteiger partial charge in [-0.05, 0) is 30.5 Å². The third-order valence-corrected chi connectivity index (χ3v) is 5.24. The number of rotatable bonds is 6. The van der Waals surface area contributed by atoms with Crippen LogP contribution >= 0.6 is 24.0 Å². The number of aryl methyl sites for hydroxylation is 1. The highest BCUT2D eigenvalue weighted by atomic mass is 127. The number of guanidine groups is 1. The number of hydrogen-bond acceptors (Lipinski definition) is 4. The van der Waals surface area contributed by atoms with Gasteiger partial charge in [0.2, 0.25) is 0 Å². The molecule has 0 spiro atoms. The van der Waals surface area contributed by atoms with E-state index in [-0.39, 0.29) is 35.9 Å². The summed E-state index contributed by atoms with van der Waals surface area (Å²) < 4.78 is 2.02. The lowest BCUT2D eigenvalue weighted by Crippen LogP contribution is -2.47. The van der Waals surface area contributed by atoms with E-state index in [0.29, 0.717) is 11.5 Å². The average Bonchev–Trinajstić information content (AvgIpc) is 3.16. The zero-order valence-corrected chi connectivity index (χ0v) is 21.4.